The van der Waals surface area contributed by atoms with Gasteiger partial charge in [-0.15, -0.1) is 0 Å². The number of hydrogen-bond acceptors (Lipinski definition) is 4. The molecule has 25 heavy (non-hydrogen) atoms. The van der Waals surface area contributed by atoms with E-state index in [-0.39, 0.29) is 5.91 Å². The maximum absolute atomic E-state index is 12.5. The molecule has 0 radical (unpaired) electrons. The summed E-state index contributed by atoms with van der Waals surface area (Å²) in [7, 11) is 1.91. The van der Waals surface area contributed by atoms with Gasteiger partial charge >= 0.3 is 0 Å². The van der Waals surface area contributed by atoms with E-state index < -0.39 is 0 Å². The fraction of sp³-hybridized carbons (Fsp3) is 0.789. The monoisotopic (exact) mass is 347 g/mol. The van der Waals surface area contributed by atoms with Crippen molar-refractivity contribution in [3.63, 3.8) is 0 Å². The zero-order valence-corrected chi connectivity index (χ0v) is 15.6. The van der Waals surface area contributed by atoms with E-state index in [9.17, 15) is 4.79 Å². The van der Waals surface area contributed by atoms with Crippen LogP contribution >= 0.6 is 0 Å². The number of nitrogens with one attached hydrogen (secondary N) is 1. The van der Waals surface area contributed by atoms with E-state index >= 15 is 0 Å². The molecule has 2 aliphatic heterocycles. The van der Waals surface area contributed by atoms with Gasteiger partial charge in [-0.05, 0) is 51.4 Å². The molecular weight excluding hydrogens is 314 g/mol. The molecule has 6 heteroatoms. The Kier molecular flexibility index (Phi) is 6.87. The molecule has 1 atom stereocenters. The Labute approximate surface area is 151 Å². The fourth-order valence-electron chi connectivity index (χ4n) is 3.82. The van der Waals surface area contributed by atoms with Crippen LogP contribution in [0.4, 0.5) is 0 Å². The second-order valence-electron chi connectivity index (χ2n) is 7.55. The Morgan fingerprint density at radius 2 is 2.08 bits per heavy atom. The summed E-state index contributed by atoms with van der Waals surface area (Å²) >= 11 is 0. The predicted molar refractivity (Wildman–Crippen MR) is 99.6 cm³/mol. The van der Waals surface area contributed by atoms with E-state index in [0.29, 0.717) is 12.5 Å². The topological polar surface area (TPSA) is 53.4 Å². The molecule has 3 heterocycles. The number of likely N-dealkylation sites (N-methyl/N-ethyl adjacent to an activating group) is 1. The lowest BCUT2D eigenvalue weighted by molar-refractivity contribution is -0.130. The number of aromatic nitrogens is 2. The summed E-state index contributed by atoms with van der Waals surface area (Å²) in [6.45, 7) is 6.61. The van der Waals surface area contributed by atoms with Crippen molar-refractivity contribution in [3.05, 3.63) is 18.0 Å². The lowest BCUT2D eigenvalue weighted by Gasteiger charge is -2.24. The van der Waals surface area contributed by atoms with Crippen molar-refractivity contribution in [2.45, 2.75) is 51.0 Å². The summed E-state index contributed by atoms with van der Waals surface area (Å²) in [6.07, 6.45) is 9.63. The molecule has 3 rings (SSSR count). The number of likely N-dealkylation sites (tertiary alicyclic amines) is 1. The fourth-order valence-corrected chi connectivity index (χ4v) is 3.82. The molecule has 0 aliphatic carbocycles. The Morgan fingerprint density at radius 1 is 1.28 bits per heavy atom. The zero-order chi connectivity index (χ0) is 17.5. The molecule has 2 aliphatic rings. The van der Waals surface area contributed by atoms with Crippen molar-refractivity contribution in [2.75, 3.05) is 46.3 Å². The molecule has 1 aromatic heterocycles. The third kappa shape index (κ3) is 5.54. The maximum atomic E-state index is 12.5. The smallest absolute Gasteiger partial charge is 0.244 e. The van der Waals surface area contributed by atoms with Crippen molar-refractivity contribution in [1.29, 1.82) is 0 Å². The van der Waals surface area contributed by atoms with Crippen LogP contribution in [0.2, 0.25) is 0 Å². The van der Waals surface area contributed by atoms with Gasteiger partial charge in [0.2, 0.25) is 5.91 Å². The number of amides is 1. The normalized spacial score (nSPS) is 22.5. The van der Waals surface area contributed by atoms with Crippen LogP contribution in [0.25, 0.3) is 0 Å². The lowest BCUT2D eigenvalue weighted by atomic mass is 9.97. The van der Waals surface area contributed by atoms with Crippen molar-refractivity contribution in [3.8, 4) is 0 Å². The molecule has 1 amide bonds. The van der Waals surface area contributed by atoms with Gasteiger partial charge in [-0.25, -0.2) is 0 Å². The molecular formula is C19H33N5O. The number of carbonyl (C=O) groups is 1. The predicted octanol–water partition coefficient (Wildman–Crippen LogP) is 1.68. The minimum absolute atomic E-state index is 0.145. The van der Waals surface area contributed by atoms with Crippen LogP contribution in [0.15, 0.2) is 12.3 Å². The van der Waals surface area contributed by atoms with Crippen LogP contribution in [0.1, 0.15) is 50.1 Å². The first-order valence-electron chi connectivity index (χ1n) is 9.93. The number of nitrogens with zero attached hydrogens (tertiary/aromatic N) is 4. The van der Waals surface area contributed by atoms with Crippen LogP contribution in [0.5, 0.6) is 0 Å². The molecule has 0 spiro atoms. The van der Waals surface area contributed by atoms with Crippen LogP contribution < -0.4 is 5.32 Å². The van der Waals surface area contributed by atoms with Crippen LogP contribution in [0.3, 0.4) is 0 Å². The van der Waals surface area contributed by atoms with Gasteiger partial charge in [0.1, 0.15) is 6.54 Å². The number of carbonyl (C=O) groups excluding carboxylic acids is 1. The first-order chi connectivity index (χ1) is 12.2. The van der Waals surface area contributed by atoms with E-state index in [1.165, 1.54) is 51.6 Å². The Hall–Kier alpha value is -1.40. The third-order valence-corrected chi connectivity index (χ3v) is 5.55. The summed E-state index contributed by atoms with van der Waals surface area (Å²) in [5, 5.41) is 8.06. The zero-order valence-electron chi connectivity index (χ0n) is 15.6. The van der Waals surface area contributed by atoms with Gasteiger partial charge in [-0.3, -0.25) is 9.48 Å². The van der Waals surface area contributed by atoms with Gasteiger partial charge in [0.15, 0.2) is 0 Å². The highest BCUT2D eigenvalue weighted by Gasteiger charge is 2.18. The quantitative estimate of drug-likeness (QED) is 0.851. The molecule has 140 valence electrons. The number of rotatable bonds is 6. The van der Waals surface area contributed by atoms with E-state index in [4.69, 9.17) is 0 Å². The average Bonchev–Trinajstić information content (AvgIpc) is 2.94. The van der Waals surface area contributed by atoms with Gasteiger partial charge in [-0.1, -0.05) is 12.8 Å². The molecule has 2 fully saturated rings. The van der Waals surface area contributed by atoms with Crippen molar-refractivity contribution < 1.29 is 4.79 Å². The molecule has 0 aromatic carbocycles. The second kappa shape index (κ2) is 9.34. The highest BCUT2D eigenvalue weighted by Crippen LogP contribution is 2.21. The van der Waals surface area contributed by atoms with Gasteiger partial charge in [0.05, 0.1) is 5.69 Å². The summed E-state index contributed by atoms with van der Waals surface area (Å²) in [5.41, 5.74) is 1.12. The van der Waals surface area contributed by atoms with Crippen molar-refractivity contribution in [2.24, 2.45) is 0 Å². The Morgan fingerprint density at radius 3 is 2.80 bits per heavy atom. The van der Waals surface area contributed by atoms with Crippen LogP contribution in [-0.4, -0.2) is 71.8 Å². The van der Waals surface area contributed by atoms with E-state index in [2.05, 4.69) is 21.4 Å². The molecule has 1 unspecified atom stereocenters. The molecule has 6 nitrogen and oxygen atoms in total. The Bertz CT molecular complexity index is 530. The average molecular weight is 348 g/mol. The van der Waals surface area contributed by atoms with Crippen LogP contribution in [0, 0.1) is 0 Å². The van der Waals surface area contributed by atoms with Crippen molar-refractivity contribution in [1.82, 2.24) is 24.9 Å². The first-order valence-corrected chi connectivity index (χ1v) is 9.93. The summed E-state index contributed by atoms with van der Waals surface area (Å²) in [6, 6.07) is 2.07. The van der Waals surface area contributed by atoms with Crippen LogP contribution in [-0.2, 0) is 11.3 Å². The molecule has 0 bridgehead atoms. The molecule has 1 N–H and O–H groups in total. The summed E-state index contributed by atoms with van der Waals surface area (Å²) < 4.78 is 1.80. The number of hydrogen-bond donors (Lipinski definition) is 1. The lowest BCUT2D eigenvalue weighted by Crippen LogP contribution is -2.38. The standard InChI is InChI=1S/C19H33N5O/c1-22(13-14-23-10-4-2-3-5-11-23)19(25)16-24-12-8-18(21-24)17-7-6-9-20-15-17/h8,12,17,20H,2-7,9-11,13-16H2,1H3. The van der Waals surface area contributed by atoms with Crippen molar-refractivity contribution >= 4 is 5.91 Å². The SMILES string of the molecule is CN(CCN1CCCCCC1)C(=O)Cn1ccc(C2CCCNC2)n1. The first kappa shape index (κ1) is 18.4. The largest absolute Gasteiger partial charge is 0.343 e. The minimum Gasteiger partial charge on any atom is -0.343 e. The van der Waals surface area contributed by atoms with E-state index in [1.54, 1.807) is 4.68 Å². The molecule has 1 aromatic rings. The maximum Gasteiger partial charge on any atom is 0.244 e. The van der Waals surface area contributed by atoms with E-state index in [1.807, 2.05) is 18.1 Å². The minimum atomic E-state index is 0.145. The molecule has 0 saturated carbocycles. The van der Waals surface area contributed by atoms with E-state index in [0.717, 1.165) is 31.9 Å². The number of piperidine rings is 1. The third-order valence-electron chi connectivity index (χ3n) is 5.55. The van der Waals surface area contributed by atoms with Gasteiger partial charge < -0.3 is 15.1 Å². The van der Waals surface area contributed by atoms with Gasteiger partial charge in [0.25, 0.3) is 0 Å². The van der Waals surface area contributed by atoms with Gasteiger partial charge in [-0.2, -0.15) is 5.10 Å². The highest BCUT2D eigenvalue weighted by atomic mass is 16.2. The second-order valence-corrected chi connectivity index (χ2v) is 7.55. The Balaban J connectivity index is 1.43. The molecule has 2 saturated heterocycles. The highest BCUT2D eigenvalue weighted by molar-refractivity contribution is 5.75. The summed E-state index contributed by atoms with van der Waals surface area (Å²) in [4.78, 5) is 16.8. The summed E-state index contributed by atoms with van der Waals surface area (Å²) in [5.74, 6) is 0.636. The van der Waals surface area contributed by atoms with Gasteiger partial charge in [0, 0.05) is 38.8 Å².